The number of methoxy groups -OCH3 is 1. The van der Waals surface area contributed by atoms with Crippen LogP contribution in [0.5, 0.6) is 0 Å². The molecule has 1 saturated heterocycles. The molecule has 3 heteroatoms. The molecule has 1 unspecified atom stereocenters. The lowest BCUT2D eigenvalue weighted by Gasteiger charge is -2.12. The number of amidine groups is 1. The van der Waals surface area contributed by atoms with Crippen molar-refractivity contribution in [1.82, 2.24) is 4.90 Å². The Labute approximate surface area is 67.1 Å². The molecule has 2 aliphatic heterocycles. The van der Waals surface area contributed by atoms with E-state index in [1.165, 1.54) is 18.8 Å². The molecule has 62 valence electrons. The first-order valence-electron chi connectivity index (χ1n) is 4.20. The Morgan fingerprint density at radius 3 is 3.36 bits per heavy atom. The molecule has 0 radical (unpaired) electrons. The SMILES string of the molecule is COCC1CCN2CCN=C12. The Kier molecular flexibility index (Phi) is 1.82. The quantitative estimate of drug-likeness (QED) is 0.574. The number of nitrogens with zero attached hydrogens (tertiary/aromatic N) is 2. The van der Waals surface area contributed by atoms with Crippen LogP contribution in [0.15, 0.2) is 4.99 Å². The first kappa shape index (κ1) is 7.10. The molecule has 11 heavy (non-hydrogen) atoms. The Hall–Kier alpha value is -0.570. The molecule has 0 amide bonds. The van der Waals surface area contributed by atoms with Crippen LogP contribution in [0.25, 0.3) is 0 Å². The van der Waals surface area contributed by atoms with Gasteiger partial charge in [-0.05, 0) is 6.42 Å². The first-order valence-corrected chi connectivity index (χ1v) is 4.20. The molecule has 2 rings (SSSR count). The van der Waals surface area contributed by atoms with E-state index in [0.29, 0.717) is 5.92 Å². The molecule has 0 aromatic rings. The lowest BCUT2D eigenvalue weighted by Crippen LogP contribution is -2.24. The Morgan fingerprint density at radius 2 is 2.55 bits per heavy atom. The van der Waals surface area contributed by atoms with Crippen LogP contribution >= 0.6 is 0 Å². The molecule has 0 aliphatic carbocycles. The summed E-state index contributed by atoms with van der Waals surface area (Å²) in [5.41, 5.74) is 0. The van der Waals surface area contributed by atoms with Gasteiger partial charge in [0.2, 0.25) is 0 Å². The van der Waals surface area contributed by atoms with Gasteiger partial charge in [-0.2, -0.15) is 0 Å². The third-order valence-corrected chi connectivity index (χ3v) is 2.45. The maximum absolute atomic E-state index is 5.13. The van der Waals surface area contributed by atoms with Crippen molar-refractivity contribution < 1.29 is 4.74 Å². The van der Waals surface area contributed by atoms with Crippen LogP contribution in [0.3, 0.4) is 0 Å². The van der Waals surface area contributed by atoms with Gasteiger partial charge in [0, 0.05) is 26.1 Å². The average molecular weight is 154 g/mol. The first-order chi connectivity index (χ1) is 5.42. The highest BCUT2D eigenvalue weighted by Gasteiger charge is 2.31. The van der Waals surface area contributed by atoms with Crippen LogP contribution in [-0.2, 0) is 4.74 Å². The van der Waals surface area contributed by atoms with E-state index in [0.717, 1.165) is 19.7 Å². The maximum atomic E-state index is 5.13. The number of aliphatic imine (C=N–C) groups is 1. The fourth-order valence-electron chi connectivity index (χ4n) is 1.91. The van der Waals surface area contributed by atoms with Crippen LogP contribution in [0, 0.1) is 5.92 Å². The summed E-state index contributed by atoms with van der Waals surface area (Å²) in [5, 5.41) is 0. The molecule has 0 aromatic heterocycles. The minimum atomic E-state index is 0.586. The molecule has 0 saturated carbocycles. The lowest BCUT2D eigenvalue weighted by atomic mass is 10.1. The van der Waals surface area contributed by atoms with Crippen molar-refractivity contribution in [3.63, 3.8) is 0 Å². The van der Waals surface area contributed by atoms with Crippen molar-refractivity contribution in [2.24, 2.45) is 10.9 Å². The summed E-state index contributed by atoms with van der Waals surface area (Å²) >= 11 is 0. The highest BCUT2D eigenvalue weighted by Crippen LogP contribution is 2.22. The smallest absolute Gasteiger partial charge is 0.105 e. The van der Waals surface area contributed by atoms with Gasteiger partial charge in [-0.3, -0.25) is 4.99 Å². The third kappa shape index (κ3) is 1.13. The van der Waals surface area contributed by atoms with Gasteiger partial charge in [0.25, 0.3) is 0 Å². The Bertz CT molecular complexity index is 177. The number of hydrogen-bond acceptors (Lipinski definition) is 3. The summed E-state index contributed by atoms with van der Waals surface area (Å²) in [5.74, 6) is 1.88. The molecule has 2 aliphatic rings. The van der Waals surface area contributed by atoms with Gasteiger partial charge in [0.15, 0.2) is 0 Å². The molecular weight excluding hydrogens is 140 g/mol. The van der Waals surface area contributed by atoms with Gasteiger partial charge in [0.05, 0.1) is 13.2 Å². The zero-order valence-electron chi connectivity index (χ0n) is 6.92. The van der Waals surface area contributed by atoms with Crippen molar-refractivity contribution in [2.45, 2.75) is 6.42 Å². The molecule has 0 bridgehead atoms. The van der Waals surface area contributed by atoms with Crippen molar-refractivity contribution in [3.05, 3.63) is 0 Å². The van der Waals surface area contributed by atoms with Crippen LogP contribution in [0.4, 0.5) is 0 Å². The van der Waals surface area contributed by atoms with Gasteiger partial charge in [0.1, 0.15) is 5.84 Å². The number of rotatable bonds is 2. The monoisotopic (exact) mass is 154 g/mol. The van der Waals surface area contributed by atoms with E-state index in [9.17, 15) is 0 Å². The number of ether oxygens (including phenoxy) is 1. The standard InChI is InChI=1S/C8H14N2O/c1-11-6-7-2-4-10-5-3-9-8(7)10/h7H,2-6H2,1H3. The molecule has 0 N–H and O–H groups in total. The molecule has 2 heterocycles. The second-order valence-electron chi connectivity index (χ2n) is 3.17. The Morgan fingerprint density at radius 1 is 1.64 bits per heavy atom. The van der Waals surface area contributed by atoms with Crippen molar-refractivity contribution in [2.75, 3.05) is 33.4 Å². The zero-order chi connectivity index (χ0) is 7.68. The van der Waals surface area contributed by atoms with E-state index < -0.39 is 0 Å². The minimum Gasteiger partial charge on any atom is -0.384 e. The minimum absolute atomic E-state index is 0.586. The molecule has 0 aromatic carbocycles. The predicted molar refractivity (Wildman–Crippen MR) is 43.9 cm³/mol. The van der Waals surface area contributed by atoms with Gasteiger partial charge < -0.3 is 9.64 Å². The number of fused-ring (bicyclic) bond motifs is 1. The van der Waals surface area contributed by atoms with E-state index in [1.807, 2.05) is 0 Å². The largest absolute Gasteiger partial charge is 0.384 e. The zero-order valence-corrected chi connectivity index (χ0v) is 6.92. The van der Waals surface area contributed by atoms with E-state index in [1.54, 1.807) is 7.11 Å². The molecular formula is C8H14N2O. The second kappa shape index (κ2) is 2.81. The second-order valence-corrected chi connectivity index (χ2v) is 3.17. The number of hydrogen-bond donors (Lipinski definition) is 0. The van der Waals surface area contributed by atoms with Gasteiger partial charge in [-0.15, -0.1) is 0 Å². The predicted octanol–water partition coefficient (Wildman–Crippen LogP) is 0.367. The summed E-state index contributed by atoms with van der Waals surface area (Å²) in [6.07, 6.45) is 1.23. The van der Waals surface area contributed by atoms with Crippen LogP contribution in [0.2, 0.25) is 0 Å². The summed E-state index contributed by atoms with van der Waals surface area (Å²) in [4.78, 5) is 6.84. The fourth-order valence-corrected chi connectivity index (χ4v) is 1.91. The van der Waals surface area contributed by atoms with Crippen LogP contribution in [-0.4, -0.2) is 44.1 Å². The van der Waals surface area contributed by atoms with E-state index in [4.69, 9.17) is 4.74 Å². The van der Waals surface area contributed by atoms with Gasteiger partial charge in [-0.1, -0.05) is 0 Å². The van der Waals surface area contributed by atoms with Crippen molar-refractivity contribution in [3.8, 4) is 0 Å². The van der Waals surface area contributed by atoms with Gasteiger partial charge in [-0.25, -0.2) is 0 Å². The van der Waals surface area contributed by atoms with Gasteiger partial charge >= 0.3 is 0 Å². The molecule has 0 spiro atoms. The normalized spacial score (nSPS) is 29.0. The molecule has 1 atom stereocenters. The molecule has 3 nitrogen and oxygen atoms in total. The summed E-state index contributed by atoms with van der Waals surface area (Å²) in [7, 11) is 1.76. The van der Waals surface area contributed by atoms with E-state index in [-0.39, 0.29) is 0 Å². The van der Waals surface area contributed by atoms with Crippen LogP contribution < -0.4 is 0 Å². The average Bonchev–Trinajstić information content (AvgIpc) is 2.53. The third-order valence-electron chi connectivity index (χ3n) is 2.45. The highest BCUT2D eigenvalue weighted by atomic mass is 16.5. The van der Waals surface area contributed by atoms with E-state index in [2.05, 4.69) is 9.89 Å². The summed E-state index contributed by atoms with van der Waals surface area (Å²) < 4.78 is 5.13. The lowest BCUT2D eigenvalue weighted by molar-refractivity contribution is 0.177. The maximum Gasteiger partial charge on any atom is 0.105 e. The topological polar surface area (TPSA) is 24.8 Å². The van der Waals surface area contributed by atoms with Crippen molar-refractivity contribution in [1.29, 1.82) is 0 Å². The van der Waals surface area contributed by atoms with E-state index >= 15 is 0 Å². The summed E-state index contributed by atoms with van der Waals surface area (Å²) in [6.45, 7) is 4.16. The highest BCUT2D eigenvalue weighted by molar-refractivity contribution is 5.87. The molecule has 1 fully saturated rings. The Balaban J connectivity index is 2.02. The van der Waals surface area contributed by atoms with Crippen LogP contribution in [0.1, 0.15) is 6.42 Å². The van der Waals surface area contributed by atoms with Crippen molar-refractivity contribution >= 4 is 5.84 Å². The summed E-state index contributed by atoms with van der Waals surface area (Å²) in [6, 6.07) is 0. The fraction of sp³-hybridized carbons (Fsp3) is 0.875.